The first-order valence-corrected chi connectivity index (χ1v) is 8.63. The van der Waals surface area contributed by atoms with Crippen LogP contribution in [0.3, 0.4) is 0 Å². The maximum atomic E-state index is 5.40. The first-order chi connectivity index (χ1) is 12.8. The van der Waals surface area contributed by atoms with Crippen LogP contribution in [-0.2, 0) is 6.54 Å². The van der Waals surface area contributed by atoms with Crippen LogP contribution in [0.5, 0.6) is 11.5 Å². The largest absolute Gasteiger partial charge is 0.497 e. The highest BCUT2D eigenvalue weighted by atomic mass is 16.5. The molecule has 1 heterocycles. The molecule has 0 aliphatic carbocycles. The number of rotatable bonds is 4. The molecule has 0 unspecified atom stereocenters. The summed E-state index contributed by atoms with van der Waals surface area (Å²) in [5, 5.41) is 0. The molecule has 0 radical (unpaired) electrons. The zero-order chi connectivity index (χ0) is 17.9. The number of methoxy groups -OCH3 is 2. The topological polar surface area (TPSA) is 21.7 Å². The second-order valence-electron chi connectivity index (χ2n) is 6.29. The first kappa shape index (κ1) is 16.3. The van der Waals surface area contributed by atoms with Crippen LogP contribution >= 0.6 is 0 Å². The first-order valence-electron chi connectivity index (χ1n) is 8.63. The van der Waals surface area contributed by atoms with Crippen molar-refractivity contribution in [2.24, 2.45) is 0 Å². The van der Waals surface area contributed by atoms with E-state index in [-0.39, 0.29) is 0 Å². The molecule has 0 saturated carbocycles. The van der Waals surface area contributed by atoms with Crippen LogP contribution in [0.4, 0.5) is 5.69 Å². The van der Waals surface area contributed by atoms with Gasteiger partial charge in [-0.1, -0.05) is 36.4 Å². The summed E-state index contributed by atoms with van der Waals surface area (Å²) < 4.78 is 10.8. The van der Waals surface area contributed by atoms with Gasteiger partial charge in [0, 0.05) is 24.5 Å². The second-order valence-corrected chi connectivity index (χ2v) is 6.29. The molecule has 0 amide bonds. The standard InChI is InChI=1S/C23H21NO2/c1-25-22-13-20(14-23(15-22)26-2)18-8-5-9-21(12-18)24-11-10-17-6-3-4-7-19(17)16-24/h3-15H,16H2,1-2H3. The predicted molar refractivity (Wildman–Crippen MR) is 107 cm³/mol. The molecule has 130 valence electrons. The lowest BCUT2D eigenvalue weighted by Crippen LogP contribution is -2.18. The van der Waals surface area contributed by atoms with Crippen molar-refractivity contribution in [1.82, 2.24) is 0 Å². The van der Waals surface area contributed by atoms with E-state index in [4.69, 9.17) is 9.47 Å². The van der Waals surface area contributed by atoms with E-state index in [1.54, 1.807) is 14.2 Å². The number of ether oxygens (including phenoxy) is 2. The lowest BCUT2D eigenvalue weighted by molar-refractivity contribution is 0.394. The molecule has 0 saturated heterocycles. The molecule has 4 rings (SSSR count). The fourth-order valence-electron chi connectivity index (χ4n) is 3.26. The summed E-state index contributed by atoms with van der Waals surface area (Å²) in [7, 11) is 3.34. The molecule has 0 atom stereocenters. The SMILES string of the molecule is COc1cc(OC)cc(-c2cccc(N3C=Cc4ccccc4C3)c2)c1. The van der Waals surface area contributed by atoms with Crippen molar-refractivity contribution in [3.05, 3.63) is 84.1 Å². The molecule has 0 bridgehead atoms. The van der Waals surface area contributed by atoms with E-state index >= 15 is 0 Å². The molecule has 3 aromatic rings. The maximum Gasteiger partial charge on any atom is 0.123 e. The molecule has 0 fully saturated rings. The number of hydrogen-bond donors (Lipinski definition) is 0. The van der Waals surface area contributed by atoms with E-state index in [9.17, 15) is 0 Å². The molecule has 3 aromatic carbocycles. The lowest BCUT2D eigenvalue weighted by atomic mass is 10.0. The van der Waals surface area contributed by atoms with Gasteiger partial charge in [0.2, 0.25) is 0 Å². The number of anilines is 1. The predicted octanol–water partition coefficient (Wildman–Crippen LogP) is 5.36. The highest BCUT2D eigenvalue weighted by Gasteiger charge is 2.13. The highest BCUT2D eigenvalue weighted by molar-refractivity contribution is 5.73. The van der Waals surface area contributed by atoms with E-state index in [0.29, 0.717) is 0 Å². The Morgan fingerprint density at radius 3 is 2.31 bits per heavy atom. The Kier molecular flexibility index (Phi) is 4.36. The van der Waals surface area contributed by atoms with E-state index in [0.717, 1.165) is 34.9 Å². The average Bonchev–Trinajstić information content (AvgIpc) is 2.73. The summed E-state index contributed by atoms with van der Waals surface area (Å²) >= 11 is 0. The molecule has 3 nitrogen and oxygen atoms in total. The molecule has 0 spiro atoms. The van der Waals surface area contributed by atoms with Gasteiger partial charge in [-0.3, -0.25) is 0 Å². The summed E-state index contributed by atoms with van der Waals surface area (Å²) in [6, 6.07) is 23.0. The Morgan fingerprint density at radius 2 is 1.54 bits per heavy atom. The van der Waals surface area contributed by atoms with Crippen molar-refractivity contribution in [2.45, 2.75) is 6.54 Å². The molecule has 1 aliphatic rings. The van der Waals surface area contributed by atoms with Gasteiger partial charge in [0.25, 0.3) is 0 Å². The van der Waals surface area contributed by atoms with Gasteiger partial charge >= 0.3 is 0 Å². The van der Waals surface area contributed by atoms with Gasteiger partial charge in [-0.15, -0.1) is 0 Å². The lowest BCUT2D eigenvalue weighted by Gasteiger charge is -2.26. The minimum atomic E-state index is 0.788. The van der Waals surface area contributed by atoms with E-state index in [2.05, 4.69) is 65.7 Å². The summed E-state index contributed by atoms with van der Waals surface area (Å²) in [6.07, 6.45) is 4.31. The molecule has 0 N–H and O–H groups in total. The van der Waals surface area contributed by atoms with Crippen LogP contribution in [0.1, 0.15) is 11.1 Å². The fourth-order valence-corrected chi connectivity index (χ4v) is 3.26. The van der Waals surface area contributed by atoms with E-state index < -0.39 is 0 Å². The van der Waals surface area contributed by atoms with E-state index in [1.165, 1.54) is 11.1 Å². The average molecular weight is 343 g/mol. The van der Waals surface area contributed by atoms with Crippen LogP contribution in [-0.4, -0.2) is 14.2 Å². The smallest absolute Gasteiger partial charge is 0.123 e. The third-order valence-electron chi connectivity index (χ3n) is 4.69. The van der Waals surface area contributed by atoms with E-state index in [1.807, 2.05) is 18.2 Å². The number of fused-ring (bicyclic) bond motifs is 1. The van der Waals surface area contributed by atoms with Crippen molar-refractivity contribution < 1.29 is 9.47 Å². The van der Waals surface area contributed by atoms with Gasteiger partial charge in [-0.05, 0) is 52.6 Å². The summed E-state index contributed by atoms with van der Waals surface area (Å²) in [5.74, 6) is 1.58. The third-order valence-corrected chi connectivity index (χ3v) is 4.69. The minimum absolute atomic E-state index is 0.788. The van der Waals surface area contributed by atoms with Crippen LogP contribution < -0.4 is 14.4 Å². The maximum absolute atomic E-state index is 5.40. The highest BCUT2D eigenvalue weighted by Crippen LogP contribution is 2.33. The Bertz CT molecular complexity index is 940. The molecule has 1 aliphatic heterocycles. The molecular formula is C23H21NO2. The molecular weight excluding hydrogens is 322 g/mol. The van der Waals surface area contributed by atoms with Gasteiger partial charge < -0.3 is 14.4 Å². The van der Waals surface area contributed by atoms with Gasteiger partial charge in [-0.2, -0.15) is 0 Å². The van der Waals surface area contributed by atoms with Crippen LogP contribution in [0.15, 0.2) is 72.9 Å². The van der Waals surface area contributed by atoms with Crippen molar-refractivity contribution in [3.8, 4) is 22.6 Å². The monoisotopic (exact) mass is 343 g/mol. The van der Waals surface area contributed by atoms with Crippen LogP contribution in [0.2, 0.25) is 0 Å². The Morgan fingerprint density at radius 1 is 0.769 bits per heavy atom. The van der Waals surface area contributed by atoms with Gasteiger partial charge in [-0.25, -0.2) is 0 Å². The summed E-state index contributed by atoms with van der Waals surface area (Å²) in [6.45, 7) is 0.873. The number of nitrogens with zero attached hydrogens (tertiary/aromatic N) is 1. The van der Waals surface area contributed by atoms with Crippen molar-refractivity contribution in [3.63, 3.8) is 0 Å². The van der Waals surface area contributed by atoms with Gasteiger partial charge in [0.1, 0.15) is 11.5 Å². The minimum Gasteiger partial charge on any atom is -0.497 e. The molecule has 26 heavy (non-hydrogen) atoms. The Hall–Kier alpha value is -3.20. The fraction of sp³-hybridized carbons (Fsp3) is 0.130. The summed E-state index contributed by atoms with van der Waals surface area (Å²) in [4.78, 5) is 2.27. The zero-order valence-corrected chi connectivity index (χ0v) is 15.0. The van der Waals surface area contributed by atoms with Crippen LogP contribution in [0, 0.1) is 0 Å². The second kappa shape index (κ2) is 6.96. The van der Waals surface area contributed by atoms with Crippen molar-refractivity contribution >= 4 is 11.8 Å². The van der Waals surface area contributed by atoms with Gasteiger partial charge in [0.05, 0.1) is 14.2 Å². The molecule has 3 heteroatoms. The summed E-state index contributed by atoms with van der Waals surface area (Å²) in [5.41, 5.74) is 5.99. The molecule has 0 aromatic heterocycles. The van der Waals surface area contributed by atoms with Crippen LogP contribution in [0.25, 0.3) is 17.2 Å². The zero-order valence-electron chi connectivity index (χ0n) is 15.0. The Balaban J connectivity index is 1.68. The normalized spacial score (nSPS) is 12.6. The van der Waals surface area contributed by atoms with Crippen molar-refractivity contribution in [1.29, 1.82) is 0 Å². The van der Waals surface area contributed by atoms with Crippen molar-refractivity contribution in [2.75, 3.05) is 19.1 Å². The number of hydrogen-bond acceptors (Lipinski definition) is 3. The third kappa shape index (κ3) is 3.16. The Labute approximate surface area is 154 Å². The number of benzene rings is 3. The quantitative estimate of drug-likeness (QED) is 0.636. The van der Waals surface area contributed by atoms with Gasteiger partial charge in [0.15, 0.2) is 0 Å².